The number of hydrogen-bond donors (Lipinski definition) is 1. The van der Waals surface area contributed by atoms with Gasteiger partial charge < -0.3 is 10.6 Å². The van der Waals surface area contributed by atoms with Gasteiger partial charge in [0.2, 0.25) is 0 Å². The van der Waals surface area contributed by atoms with E-state index in [0.717, 1.165) is 30.3 Å². The third kappa shape index (κ3) is 3.66. The van der Waals surface area contributed by atoms with Crippen LogP contribution in [0.5, 0.6) is 0 Å². The minimum absolute atomic E-state index is 0.265. The Labute approximate surface area is 119 Å². The quantitative estimate of drug-likeness (QED) is 0.903. The largest absolute Gasteiger partial charge is 0.384 e. The molecule has 0 amide bonds. The number of rotatable bonds is 5. The van der Waals surface area contributed by atoms with Crippen molar-refractivity contribution in [3.05, 3.63) is 42.0 Å². The highest BCUT2D eigenvalue weighted by atomic mass is 15.2. The summed E-state index contributed by atoms with van der Waals surface area (Å²) in [6.07, 6.45) is 2.69. The van der Waals surface area contributed by atoms with Crippen molar-refractivity contribution in [3.63, 3.8) is 0 Å². The topological polar surface area (TPSA) is 67.9 Å². The number of pyridine rings is 1. The summed E-state index contributed by atoms with van der Waals surface area (Å²) in [4.78, 5) is 15.2. The van der Waals surface area contributed by atoms with Crippen molar-refractivity contribution in [3.8, 4) is 0 Å². The molecular weight excluding hydrogens is 250 g/mol. The second-order valence-electron chi connectivity index (χ2n) is 5.16. The third-order valence-corrected chi connectivity index (χ3v) is 3.09. The first-order chi connectivity index (χ1) is 9.56. The van der Waals surface area contributed by atoms with Crippen molar-refractivity contribution in [2.75, 3.05) is 24.2 Å². The van der Waals surface area contributed by atoms with Gasteiger partial charge in [-0.15, -0.1) is 0 Å². The zero-order chi connectivity index (χ0) is 14.5. The second-order valence-corrected chi connectivity index (χ2v) is 5.16. The summed E-state index contributed by atoms with van der Waals surface area (Å²) in [5.41, 5.74) is 6.93. The number of nitrogens with zero attached hydrogens (tertiary/aromatic N) is 4. The summed E-state index contributed by atoms with van der Waals surface area (Å²) in [5, 5.41) is 0. The van der Waals surface area contributed by atoms with Crippen LogP contribution in [0.4, 0.5) is 11.6 Å². The highest BCUT2D eigenvalue weighted by Crippen LogP contribution is 2.17. The van der Waals surface area contributed by atoms with Gasteiger partial charge in [-0.1, -0.05) is 19.9 Å². The molecule has 0 saturated heterocycles. The molecule has 0 saturated carbocycles. The predicted octanol–water partition coefficient (Wildman–Crippen LogP) is 2.26. The van der Waals surface area contributed by atoms with E-state index in [-0.39, 0.29) is 5.92 Å². The minimum atomic E-state index is 0.265. The van der Waals surface area contributed by atoms with Crippen LogP contribution in [0, 0.1) is 0 Å². The lowest BCUT2D eigenvalue weighted by Crippen LogP contribution is -2.22. The molecule has 0 spiro atoms. The summed E-state index contributed by atoms with van der Waals surface area (Å²) in [6.45, 7) is 4.96. The van der Waals surface area contributed by atoms with Gasteiger partial charge in [0, 0.05) is 43.9 Å². The van der Waals surface area contributed by atoms with Gasteiger partial charge >= 0.3 is 0 Å². The molecule has 2 rings (SSSR count). The fourth-order valence-electron chi connectivity index (χ4n) is 1.87. The number of nitrogen functional groups attached to an aromatic ring is 1. The van der Waals surface area contributed by atoms with Gasteiger partial charge in [0.05, 0.1) is 0 Å². The van der Waals surface area contributed by atoms with Crippen molar-refractivity contribution >= 4 is 11.6 Å². The minimum Gasteiger partial charge on any atom is -0.384 e. The first-order valence-electron chi connectivity index (χ1n) is 6.81. The predicted molar refractivity (Wildman–Crippen MR) is 81.7 cm³/mol. The van der Waals surface area contributed by atoms with E-state index in [2.05, 4.69) is 33.7 Å². The highest BCUT2D eigenvalue weighted by Gasteiger charge is 2.10. The number of likely N-dealkylation sites (N-methyl/N-ethyl adjacent to an activating group) is 1. The summed E-state index contributed by atoms with van der Waals surface area (Å²) in [5.74, 6) is 2.42. The SMILES string of the molecule is CC(C)c1nc(N)cc(N(C)CCc2ccccn2)n1. The lowest BCUT2D eigenvalue weighted by Gasteiger charge is -2.19. The maximum absolute atomic E-state index is 5.85. The Balaban J connectivity index is 2.07. The first-order valence-corrected chi connectivity index (χ1v) is 6.81. The molecule has 0 aliphatic heterocycles. The average Bonchev–Trinajstić information content (AvgIpc) is 2.45. The average molecular weight is 271 g/mol. The fraction of sp³-hybridized carbons (Fsp3) is 0.400. The van der Waals surface area contributed by atoms with Crippen LogP contribution in [0.1, 0.15) is 31.3 Å². The maximum atomic E-state index is 5.85. The van der Waals surface area contributed by atoms with Crippen molar-refractivity contribution in [2.24, 2.45) is 0 Å². The van der Waals surface area contributed by atoms with Gasteiger partial charge in [0.1, 0.15) is 17.5 Å². The van der Waals surface area contributed by atoms with Crippen LogP contribution in [0.15, 0.2) is 30.5 Å². The Morgan fingerprint density at radius 1 is 1.25 bits per heavy atom. The van der Waals surface area contributed by atoms with Gasteiger partial charge in [0.25, 0.3) is 0 Å². The van der Waals surface area contributed by atoms with Gasteiger partial charge in [-0.05, 0) is 12.1 Å². The van der Waals surface area contributed by atoms with Crippen LogP contribution in [-0.2, 0) is 6.42 Å². The zero-order valence-electron chi connectivity index (χ0n) is 12.2. The molecule has 0 atom stereocenters. The Morgan fingerprint density at radius 2 is 2.05 bits per heavy atom. The zero-order valence-corrected chi connectivity index (χ0v) is 12.2. The molecule has 0 radical (unpaired) electrons. The van der Waals surface area contributed by atoms with Gasteiger partial charge in [-0.2, -0.15) is 0 Å². The van der Waals surface area contributed by atoms with E-state index < -0.39 is 0 Å². The molecule has 0 aliphatic carbocycles. The molecule has 20 heavy (non-hydrogen) atoms. The van der Waals surface area contributed by atoms with Crippen LogP contribution in [-0.4, -0.2) is 28.5 Å². The van der Waals surface area contributed by atoms with E-state index in [1.165, 1.54) is 0 Å². The number of hydrogen-bond acceptors (Lipinski definition) is 5. The van der Waals surface area contributed by atoms with E-state index in [1.807, 2.05) is 37.5 Å². The maximum Gasteiger partial charge on any atom is 0.135 e. The molecule has 0 fully saturated rings. The second kappa shape index (κ2) is 6.32. The lowest BCUT2D eigenvalue weighted by molar-refractivity contribution is 0.761. The molecule has 0 aromatic carbocycles. The van der Waals surface area contributed by atoms with E-state index in [4.69, 9.17) is 5.73 Å². The molecule has 0 bridgehead atoms. The van der Waals surface area contributed by atoms with Crippen molar-refractivity contribution in [1.82, 2.24) is 15.0 Å². The standard InChI is InChI=1S/C15H21N5/c1-11(2)15-18-13(16)10-14(19-15)20(3)9-7-12-6-4-5-8-17-12/h4-6,8,10-11H,7,9H2,1-3H3,(H2,16,18,19). The van der Waals surface area contributed by atoms with E-state index in [9.17, 15) is 0 Å². The molecule has 5 nitrogen and oxygen atoms in total. The smallest absolute Gasteiger partial charge is 0.135 e. The van der Waals surface area contributed by atoms with Gasteiger partial charge in [-0.25, -0.2) is 9.97 Å². The highest BCUT2D eigenvalue weighted by molar-refractivity contribution is 5.46. The number of anilines is 2. The molecule has 2 heterocycles. The molecular formula is C15H21N5. The summed E-state index contributed by atoms with van der Waals surface area (Å²) in [6, 6.07) is 7.77. The van der Waals surface area contributed by atoms with E-state index in [1.54, 1.807) is 0 Å². The van der Waals surface area contributed by atoms with Gasteiger partial charge in [0.15, 0.2) is 0 Å². The number of nitrogens with two attached hydrogens (primary N) is 1. The van der Waals surface area contributed by atoms with E-state index >= 15 is 0 Å². The fourth-order valence-corrected chi connectivity index (χ4v) is 1.87. The van der Waals surface area contributed by atoms with Crippen LogP contribution in [0.25, 0.3) is 0 Å². The summed E-state index contributed by atoms with van der Waals surface area (Å²) in [7, 11) is 2.01. The Morgan fingerprint density at radius 3 is 2.70 bits per heavy atom. The normalized spacial score (nSPS) is 10.8. The molecule has 106 valence electrons. The van der Waals surface area contributed by atoms with Crippen molar-refractivity contribution in [2.45, 2.75) is 26.2 Å². The molecule has 2 N–H and O–H groups in total. The van der Waals surface area contributed by atoms with Gasteiger partial charge in [-0.3, -0.25) is 4.98 Å². The molecule has 0 aliphatic rings. The van der Waals surface area contributed by atoms with E-state index in [0.29, 0.717) is 5.82 Å². The summed E-state index contributed by atoms with van der Waals surface area (Å²) >= 11 is 0. The van der Waals surface area contributed by atoms with Crippen LogP contribution in [0.2, 0.25) is 0 Å². The summed E-state index contributed by atoms with van der Waals surface area (Å²) < 4.78 is 0. The Kier molecular flexibility index (Phi) is 4.50. The van der Waals surface area contributed by atoms with Crippen molar-refractivity contribution in [1.29, 1.82) is 0 Å². The van der Waals surface area contributed by atoms with Crippen molar-refractivity contribution < 1.29 is 0 Å². The van der Waals surface area contributed by atoms with Crippen LogP contribution >= 0.6 is 0 Å². The first kappa shape index (κ1) is 14.2. The third-order valence-electron chi connectivity index (χ3n) is 3.09. The monoisotopic (exact) mass is 271 g/mol. The molecule has 5 heteroatoms. The van der Waals surface area contributed by atoms with Crippen LogP contribution < -0.4 is 10.6 Å². The Hall–Kier alpha value is -2.17. The van der Waals surface area contributed by atoms with Crippen LogP contribution in [0.3, 0.4) is 0 Å². The number of aromatic nitrogens is 3. The molecule has 2 aromatic rings. The lowest BCUT2D eigenvalue weighted by atomic mass is 10.2. The Bertz CT molecular complexity index is 553. The molecule has 0 unspecified atom stereocenters. The molecule has 2 aromatic heterocycles.